The fraction of sp³-hybridized carbons (Fsp3) is 0. The number of benzene rings is 2. The summed E-state index contributed by atoms with van der Waals surface area (Å²) in [5.74, 6) is -0.0933. The van der Waals surface area contributed by atoms with Crippen LogP contribution in [0, 0.1) is 5.82 Å². The Morgan fingerprint density at radius 3 is 2.61 bits per heavy atom. The molecule has 2 aromatic carbocycles. The Hall–Kier alpha value is -2.56. The molecule has 3 N–H and O–H groups in total. The van der Waals surface area contributed by atoms with E-state index in [4.69, 9.17) is 10.5 Å². The number of nitrogens with one attached hydrogen (secondary N) is 1. The van der Waals surface area contributed by atoms with Crippen LogP contribution in [-0.2, 0) is 0 Å². The summed E-state index contributed by atoms with van der Waals surface area (Å²) in [6.45, 7) is 0. The summed E-state index contributed by atoms with van der Waals surface area (Å²) >= 11 is 0. The van der Waals surface area contributed by atoms with E-state index in [1.165, 1.54) is 12.1 Å². The Labute approximate surface area is 103 Å². The number of nitrogen functional groups attached to an aromatic ring is 1. The number of carbonyl (C=O) groups is 1. The number of hydrogen-bond acceptors (Lipinski definition) is 3. The lowest BCUT2D eigenvalue weighted by Crippen LogP contribution is -2.17. The molecular formula is C13H11FN2O2. The predicted molar refractivity (Wildman–Crippen MR) is 66.9 cm³/mol. The molecule has 0 aliphatic rings. The average Bonchev–Trinajstić information content (AvgIpc) is 2.35. The normalized spacial score (nSPS) is 9.83. The maximum atomic E-state index is 13.0. The first-order valence-corrected chi connectivity index (χ1v) is 5.24. The molecule has 0 saturated carbocycles. The fourth-order valence-corrected chi connectivity index (χ4v) is 1.37. The van der Waals surface area contributed by atoms with Gasteiger partial charge >= 0.3 is 6.09 Å². The summed E-state index contributed by atoms with van der Waals surface area (Å²) in [7, 11) is 0. The van der Waals surface area contributed by atoms with Gasteiger partial charge in [0.15, 0.2) is 0 Å². The van der Waals surface area contributed by atoms with Crippen LogP contribution in [0.1, 0.15) is 0 Å². The molecule has 0 bridgehead atoms. The second-order valence-corrected chi connectivity index (χ2v) is 3.56. The molecule has 0 heterocycles. The minimum atomic E-state index is -0.724. The maximum Gasteiger partial charge on any atom is 0.417 e. The first-order valence-electron chi connectivity index (χ1n) is 5.24. The van der Waals surface area contributed by atoms with Crippen LogP contribution < -0.4 is 15.8 Å². The molecule has 0 aromatic heterocycles. The van der Waals surface area contributed by atoms with Gasteiger partial charge in [0, 0.05) is 0 Å². The smallest absolute Gasteiger partial charge is 0.410 e. The fourth-order valence-electron chi connectivity index (χ4n) is 1.37. The lowest BCUT2D eigenvalue weighted by atomic mass is 10.2. The molecule has 0 radical (unpaired) electrons. The third kappa shape index (κ3) is 2.98. The molecule has 0 spiro atoms. The number of halogens is 1. The molecule has 92 valence electrons. The van der Waals surface area contributed by atoms with Crippen LogP contribution in [0.25, 0.3) is 0 Å². The van der Waals surface area contributed by atoms with Crippen LogP contribution in [0.3, 0.4) is 0 Å². The first-order chi connectivity index (χ1) is 8.65. The van der Waals surface area contributed by atoms with Gasteiger partial charge in [-0.15, -0.1) is 0 Å². The molecule has 2 rings (SSSR count). The summed E-state index contributed by atoms with van der Waals surface area (Å²) in [4.78, 5) is 11.5. The number of ether oxygens (including phenoxy) is 1. The Morgan fingerprint density at radius 1 is 1.17 bits per heavy atom. The van der Waals surface area contributed by atoms with Gasteiger partial charge in [-0.3, -0.25) is 5.32 Å². The van der Waals surface area contributed by atoms with E-state index in [1.807, 2.05) is 0 Å². The van der Waals surface area contributed by atoms with E-state index in [1.54, 1.807) is 30.3 Å². The van der Waals surface area contributed by atoms with E-state index < -0.39 is 11.9 Å². The van der Waals surface area contributed by atoms with E-state index in [0.29, 0.717) is 5.75 Å². The van der Waals surface area contributed by atoms with Gasteiger partial charge in [-0.2, -0.15) is 0 Å². The lowest BCUT2D eigenvalue weighted by Gasteiger charge is -2.08. The topological polar surface area (TPSA) is 64.3 Å². The molecule has 5 heteroatoms. The van der Waals surface area contributed by atoms with Gasteiger partial charge in [0.1, 0.15) is 11.6 Å². The Bertz CT molecular complexity index is 558. The van der Waals surface area contributed by atoms with Crippen molar-refractivity contribution in [3.05, 3.63) is 54.3 Å². The minimum Gasteiger partial charge on any atom is -0.410 e. The second-order valence-electron chi connectivity index (χ2n) is 3.56. The molecule has 18 heavy (non-hydrogen) atoms. The lowest BCUT2D eigenvalue weighted by molar-refractivity contribution is 0.215. The maximum absolute atomic E-state index is 13.0. The number of para-hydroxylation sites is 1. The Morgan fingerprint density at radius 2 is 1.89 bits per heavy atom. The van der Waals surface area contributed by atoms with Crippen molar-refractivity contribution in [2.45, 2.75) is 0 Å². The standard InChI is InChI=1S/C13H11FN2O2/c14-9-6-7-11(15)12(8-9)16-13(17)18-10-4-2-1-3-5-10/h1-8H,15H2,(H,16,17). The second kappa shape index (κ2) is 5.18. The summed E-state index contributed by atoms with van der Waals surface area (Å²) in [5, 5.41) is 2.37. The van der Waals surface area contributed by atoms with E-state index in [9.17, 15) is 9.18 Å². The molecule has 0 aliphatic heterocycles. The Balaban J connectivity index is 2.05. The van der Waals surface area contributed by atoms with Gasteiger partial charge in [0.05, 0.1) is 11.4 Å². The van der Waals surface area contributed by atoms with Gasteiger partial charge in [-0.25, -0.2) is 9.18 Å². The van der Waals surface area contributed by atoms with E-state index >= 15 is 0 Å². The first kappa shape index (κ1) is 11.9. The highest BCUT2D eigenvalue weighted by Crippen LogP contribution is 2.19. The molecule has 0 fully saturated rings. The van der Waals surface area contributed by atoms with Crippen LogP contribution in [-0.4, -0.2) is 6.09 Å². The number of nitrogens with two attached hydrogens (primary N) is 1. The van der Waals surface area contributed by atoms with Gasteiger partial charge in [0.2, 0.25) is 0 Å². The van der Waals surface area contributed by atoms with Crippen molar-refractivity contribution < 1.29 is 13.9 Å². The molecule has 0 aliphatic carbocycles. The SMILES string of the molecule is Nc1ccc(F)cc1NC(=O)Oc1ccccc1. The quantitative estimate of drug-likeness (QED) is 0.800. The van der Waals surface area contributed by atoms with Crippen molar-refractivity contribution in [2.75, 3.05) is 11.1 Å². The summed E-state index contributed by atoms with van der Waals surface area (Å²) in [6, 6.07) is 12.2. The molecular weight excluding hydrogens is 235 g/mol. The third-order valence-electron chi connectivity index (χ3n) is 2.21. The van der Waals surface area contributed by atoms with Crippen molar-refractivity contribution in [3.8, 4) is 5.75 Å². The summed E-state index contributed by atoms with van der Waals surface area (Å²) in [6.07, 6.45) is -0.724. The number of hydrogen-bond donors (Lipinski definition) is 2. The van der Waals surface area contributed by atoms with Gasteiger partial charge in [0.25, 0.3) is 0 Å². The van der Waals surface area contributed by atoms with Crippen molar-refractivity contribution in [3.63, 3.8) is 0 Å². The van der Waals surface area contributed by atoms with Crippen molar-refractivity contribution in [1.82, 2.24) is 0 Å². The molecule has 0 unspecified atom stereocenters. The molecule has 1 amide bonds. The van der Waals surface area contributed by atoms with Crippen LogP contribution in [0.5, 0.6) is 5.75 Å². The van der Waals surface area contributed by atoms with Crippen molar-refractivity contribution in [2.24, 2.45) is 0 Å². The highest BCUT2D eigenvalue weighted by molar-refractivity contribution is 5.90. The van der Waals surface area contributed by atoms with Gasteiger partial charge in [-0.1, -0.05) is 18.2 Å². The van der Waals surface area contributed by atoms with E-state index in [-0.39, 0.29) is 11.4 Å². The third-order valence-corrected chi connectivity index (χ3v) is 2.21. The van der Waals surface area contributed by atoms with Crippen LogP contribution in [0.15, 0.2) is 48.5 Å². The van der Waals surface area contributed by atoms with E-state index in [0.717, 1.165) is 6.07 Å². The molecule has 2 aromatic rings. The highest BCUT2D eigenvalue weighted by Gasteiger charge is 2.08. The van der Waals surface area contributed by atoms with Crippen LogP contribution in [0.4, 0.5) is 20.6 Å². The number of anilines is 2. The zero-order valence-electron chi connectivity index (χ0n) is 9.39. The summed E-state index contributed by atoms with van der Waals surface area (Å²) < 4.78 is 18.0. The largest absolute Gasteiger partial charge is 0.417 e. The average molecular weight is 246 g/mol. The summed E-state index contributed by atoms with van der Waals surface area (Å²) in [5.41, 5.74) is 6.04. The number of carbonyl (C=O) groups excluding carboxylic acids is 1. The zero-order chi connectivity index (χ0) is 13.0. The highest BCUT2D eigenvalue weighted by atomic mass is 19.1. The number of amides is 1. The zero-order valence-corrected chi connectivity index (χ0v) is 9.39. The van der Waals surface area contributed by atoms with Crippen molar-refractivity contribution >= 4 is 17.5 Å². The van der Waals surface area contributed by atoms with Crippen LogP contribution in [0.2, 0.25) is 0 Å². The van der Waals surface area contributed by atoms with Gasteiger partial charge < -0.3 is 10.5 Å². The van der Waals surface area contributed by atoms with Crippen molar-refractivity contribution in [1.29, 1.82) is 0 Å². The predicted octanol–water partition coefficient (Wildman–Crippen LogP) is 3.02. The molecule has 4 nitrogen and oxygen atoms in total. The van der Waals surface area contributed by atoms with Gasteiger partial charge in [-0.05, 0) is 30.3 Å². The minimum absolute atomic E-state index is 0.177. The monoisotopic (exact) mass is 246 g/mol. The number of rotatable bonds is 2. The Kier molecular flexibility index (Phi) is 3.43. The van der Waals surface area contributed by atoms with E-state index in [2.05, 4.69) is 5.32 Å². The van der Waals surface area contributed by atoms with Crippen LogP contribution >= 0.6 is 0 Å². The molecule has 0 saturated heterocycles. The molecule has 0 atom stereocenters.